The molecule has 1 aromatic carbocycles. The van der Waals surface area contributed by atoms with Crippen molar-refractivity contribution in [2.24, 2.45) is 0 Å². The molecule has 144 valence electrons. The molecule has 0 radical (unpaired) electrons. The smallest absolute Gasteiger partial charge is 0.387 e. The molecule has 1 aliphatic heterocycles. The van der Waals surface area contributed by atoms with Crippen LogP contribution in [0.25, 0.3) is 0 Å². The molecule has 0 fully saturated rings. The van der Waals surface area contributed by atoms with E-state index in [0.29, 0.717) is 5.37 Å². The van der Waals surface area contributed by atoms with E-state index in [9.17, 15) is 5.11 Å². The fourth-order valence-electron chi connectivity index (χ4n) is 2.65. The van der Waals surface area contributed by atoms with Gasteiger partial charge >= 0.3 is 31.1 Å². The maximum Gasteiger partial charge on any atom is 2.00 e. The molecule has 0 aliphatic carbocycles. The predicted octanol–water partition coefficient (Wildman–Crippen LogP) is 5.88. The van der Waals surface area contributed by atoms with Crippen LogP contribution in [0.5, 0.6) is 0 Å². The van der Waals surface area contributed by atoms with Gasteiger partial charge in [0.2, 0.25) is 0 Å². The van der Waals surface area contributed by atoms with Gasteiger partial charge in [0.05, 0.1) is 6.10 Å². The average molecular weight is 600 g/mol. The van der Waals surface area contributed by atoms with E-state index in [1.807, 2.05) is 24.5 Å². The number of aliphatic hydroxyl groups is 1. The Labute approximate surface area is 189 Å². The van der Waals surface area contributed by atoms with Gasteiger partial charge in [0.1, 0.15) is 0 Å². The normalized spacial score (nSPS) is 16.6. The molecule has 1 aromatic rings. The Morgan fingerprint density at radius 1 is 1.19 bits per heavy atom. The predicted molar refractivity (Wildman–Crippen MR) is 111 cm³/mol. The van der Waals surface area contributed by atoms with Crippen molar-refractivity contribution >= 4 is 11.8 Å². The first-order valence-corrected chi connectivity index (χ1v) is 10.6. The quantitative estimate of drug-likeness (QED) is 0.261. The maximum atomic E-state index is 9.18. The van der Waals surface area contributed by atoms with Gasteiger partial charge in [-0.1, -0.05) is 51.9 Å². The second-order valence-electron chi connectivity index (χ2n) is 6.59. The van der Waals surface area contributed by atoms with E-state index in [2.05, 4.69) is 36.9 Å². The summed E-state index contributed by atoms with van der Waals surface area (Å²) in [5.41, 5.74) is 2.40. The molecule has 0 bridgehead atoms. The second-order valence-corrected chi connectivity index (χ2v) is 7.67. The van der Waals surface area contributed by atoms with Crippen molar-refractivity contribution in [3.63, 3.8) is 0 Å². The van der Waals surface area contributed by atoms with E-state index in [0.717, 1.165) is 12.1 Å². The van der Waals surface area contributed by atoms with Crippen LogP contribution in [0.2, 0.25) is 0 Å². The largest absolute Gasteiger partial charge is 2.00 e. The standard InChI is InChI=1S/C14H21.C8H14NOS.U/c1-2-3-4-5-6-8-11-14-12-9-7-10-13-14;1-3-4-8-9-7(5-11-8)6(2)10;/h9-10,12-13H,2-6,8,11H2,1H3;3,5-6,8-10H,4H2,1-2H3;/q2*-1;+2/t;6-,8?;/m.1./s1. The summed E-state index contributed by atoms with van der Waals surface area (Å²) in [6, 6.07) is 11.4. The third-order valence-corrected chi connectivity index (χ3v) is 5.22. The molecule has 0 aromatic heterocycles. The molecular weight excluding hydrogens is 564 g/mol. The average Bonchev–Trinajstić information content (AvgIpc) is 3.09. The zero-order valence-electron chi connectivity index (χ0n) is 16.6. The number of thioether (sulfide) groups is 1. The number of benzene rings is 1. The summed E-state index contributed by atoms with van der Waals surface area (Å²) in [6.07, 6.45) is 12.3. The second kappa shape index (κ2) is 17.2. The number of rotatable bonds is 10. The van der Waals surface area contributed by atoms with E-state index in [1.54, 1.807) is 18.7 Å². The third kappa shape index (κ3) is 12.5. The first-order chi connectivity index (χ1) is 12.2. The summed E-state index contributed by atoms with van der Waals surface area (Å²) >= 11 is 1.74. The van der Waals surface area contributed by atoms with Crippen LogP contribution >= 0.6 is 11.8 Å². The summed E-state index contributed by atoms with van der Waals surface area (Å²) in [6.45, 7) is 6.08. The molecule has 1 unspecified atom stereocenters. The maximum absolute atomic E-state index is 9.18. The van der Waals surface area contributed by atoms with Crippen molar-refractivity contribution in [1.29, 1.82) is 0 Å². The molecule has 4 heteroatoms. The van der Waals surface area contributed by atoms with E-state index >= 15 is 0 Å². The number of hydrogen-bond acceptors (Lipinski definition) is 3. The van der Waals surface area contributed by atoms with Crippen molar-refractivity contribution in [3.8, 4) is 0 Å². The minimum Gasteiger partial charge on any atom is -0.387 e. The van der Waals surface area contributed by atoms with Gasteiger partial charge in [-0.3, -0.25) is 0 Å². The fourth-order valence-corrected chi connectivity index (χ4v) is 3.74. The van der Waals surface area contributed by atoms with Crippen LogP contribution in [0.3, 0.4) is 0 Å². The Bertz CT molecular complexity index is 464. The van der Waals surface area contributed by atoms with Gasteiger partial charge in [-0.25, -0.2) is 0 Å². The van der Waals surface area contributed by atoms with Gasteiger partial charge in [-0.2, -0.15) is 42.8 Å². The summed E-state index contributed by atoms with van der Waals surface area (Å²) in [7, 11) is 0. The van der Waals surface area contributed by atoms with Crippen molar-refractivity contribution in [3.05, 3.63) is 53.4 Å². The molecule has 0 saturated carbocycles. The van der Waals surface area contributed by atoms with Crippen LogP contribution < -0.4 is 5.32 Å². The van der Waals surface area contributed by atoms with Crippen molar-refractivity contribution < 1.29 is 36.2 Å². The number of unbranched alkanes of at least 4 members (excludes halogenated alkanes) is 5. The zero-order chi connectivity index (χ0) is 18.3. The van der Waals surface area contributed by atoms with Crippen molar-refractivity contribution in [2.75, 3.05) is 0 Å². The molecule has 0 amide bonds. The van der Waals surface area contributed by atoms with Crippen LogP contribution in [0.1, 0.15) is 71.3 Å². The topological polar surface area (TPSA) is 32.3 Å². The summed E-state index contributed by atoms with van der Waals surface area (Å²) in [5.74, 6) is 0. The molecule has 2 N–H and O–H groups in total. The summed E-state index contributed by atoms with van der Waals surface area (Å²) in [5, 5.41) is 14.9. The first kappa shape index (κ1) is 26.1. The molecule has 2 rings (SSSR count). The Hall–Kier alpha value is 0.122. The van der Waals surface area contributed by atoms with Gasteiger partial charge in [0.15, 0.2) is 0 Å². The molecule has 0 saturated heterocycles. The minimum atomic E-state index is -0.357. The van der Waals surface area contributed by atoms with Crippen LogP contribution in [0, 0.1) is 43.6 Å². The third-order valence-electron chi connectivity index (χ3n) is 4.19. The van der Waals surface area contributed by atoms with Crippen LogP contribution in [-0.4, -0.2) is 16.6 Å². The van der Waals surface area contributed by atoms with E-state index < -0.39 is 0 Å². The van der Waals surface area contributed by atoms with Gasteiger partial charge in [-0.15, -0.1) is 18.2 Å². The Kier molecular flexibility index (Phi) is 17.3. The first-order valence-electron chi connectivity index (χ1n) is 9.70. The number of nitrogens with one attached hydrogen (secondary N) is 1. The Balaban J connectivity index is 0.000000475. The summed E-state index contributed by atoms with van der Waals surface area (Å²) < 4.78 is 0. The SMILES string of the molecule is CCCCCCCCc1cc[c-]cc1.C[CH-]CC1NC([C@@H](C)O)=CS1.[U+2]. The minimum absolute atomic E-state index is 0. The summed E-state index contributed by atoms with van der Waals surface area (Å²) in [4.78, 5) is 0. The fraction of sp³-hybridized carbons (Fsp3) is 0.591. The number of aliphatic hydroxyl groups excluding tert-OH is 1. The van der Waals surface area contributed by atoms with Gasteiger partial charge < -0.3 is 16.8 Å². The van der Waals surface area contributed by atoms with E-state index in [1.165, 1.54) is 50.5 Å². The van der Waals surface area contributed by atoms with Gasteiger partial charge in [-0.05, 0) is 12.3 Å². The monoisotopic (exact) mass is 599 g/mol. The van der Waals surface area contributed by atoms with Gasteiger partial charge in [0, 0.05) is 11.1 Å². The Morgan fingerprint density at radius 3 is 2.42 bits per heavy atom. The van der Waals surface area contributed by atoms with Crippen molar-refractivity contribution in [1.82, 2.24) is 5.32 Å². The van der Waals surface area contributed by atoms with E-state index in [-0.39, 0.29) is 37.2 Å². The number of aryl methyl sites for hydroxylation is 1. The number of hydrogen-bond donors (Lipinski definition) is 2. The van der Waals surface area contributed by atoms with Crippen molar-refractivity contribution in [2.45, 2.75) is 83.6 Å². The molecule has 0 spiro atoms. The zero-order valence-corrected chi connectivity index (χ0v) is 21.6. The Morgan fingerprint density at radius 2 is 1.85 bits per heavy atom. The van der Waals surface area contributed by atoms with Crippen LogP contribution in [-0.2, 0) is 6.42 Å². The van der Waals surface area contributed by atoms with Gasteiger partial charge in [0.25, 0.3) is 0 Å². The van der Waals surface area contributed by atoms with Crippen LogP contribution in [0.15, 0.2) is 35.4 Å². The molecule has 2 nitrogen and oxygen atoms in total. The molecular formula is C22H35NOSU. The molecule has 2 atom stereocenters. The molecule has 26 heavy (non-hydrogen) atoms. The van der Waals surface area contributed by atoms with Crippen LogP contribution in [0.4, 0.5) is 0 Å². The molecule has 1 aliphatic rings. The van der Waals surface area contributed by atoms with E-state index in [4.69, 9.17) is 0 Å². The molecule has 1 heterocycles.